The Hall–Kier alpha value is 0.380. The van der Waals surface area contributed by atoms with Crippen molar-refractivity contribution in [1.29, 1.82) is 0 Å². The molecule has 2 aromatic carbocycles. The van der Waals surface area contributed by atoms with Crippen molar-refractivity contribution in [2.24, 2.45) is 0 Å². The molecule has 0 saturated carbocycles. The Morgan fingerprint density at radius 1 is 0.793 bits per heavy atom. The smallest absolute Gasteiger partial charge is 0.306 e. The second-order valence-corrected chi connectivity index (χ2v) is 10.8. The third-order valence-corrected chi connectivity index (χ3v) is 5.46. The van der Waals surface area contributed by atoms with E-state index in [4.69, 9.17) is 20.1 Å². The minimum atomic E-state index is -0.842. The van der Waals surface area contributed by atoms with E-state index in [-0.39, 0.29) is 19.4 Å². The van der Waals surface area contributed by atoms with E-state index in [1.807, 2.05) is 24.3 Å². The fraction of sp³-hybridized carbons (Fsp3) is 0.222. The molecule has 2 rings (SSSR count). The minimum Gasteiger partial charge on any atom is -0.508 e. The zero-order chi connectivity index (χ0) is 22.4. The van der Waals surface area contributed by atoms with Crippen molar-refractivity contribution in [2.45, 2.75) is 12.8 Å². The van der Waals surface area contributed by atoms with Crippen LogP contribution in [0.5, 0.6) is 11.5 Å². The number of alkyl halides is 1. The summed E-state index contributed by atoms with van der Waals surface area (Å²) < 4.78 is 9.59. The van der Waals surface area contributed by atoms with Crippen LogP contribution in [0.15, 0.2) is 36.4 Å². The predicted octanol–water partition coefficient (Wildman–Crippen LogP) is 6.21. The molecule has 0 radical (unpaired) electrons. The zero-order valence-corrected chi connectivity index (χ0v) is 25.0. The van der Waals surface area contributed by atoms with Crippen molar-refractivity contribution in [1.82, 2.24) is 0 Å². The number of aromatic hydroxyl groups is 1. The number of hydrogen-bond acceptors (Lipinski definition) is 4. The van der Waals surface area contributed by atoms with Crippen molar-refractivity contribution < 1.29 is 29.6 Å². The van der Waals surface area contributed by atoms with Gasteiger partial charge in [0, 0.05) is 19.6 Å². The Balaban J connectivity index is 0.000000448. The Morgan fingerprint density at radius 2 is 1.21 bits per heavy atom. The monoisotopic (exact) mass is 916 g/mol. The number of rotatable bonds is 6. The third kappa shape index (κ3) is 17.7. The third-order valence-electron chi connectivity index (χ3n) is 2.58. The van der Waals surface area contributed by atoms with Gasteiger partial charge in [0.1, 0.15) is 11.5 Å². The highest BCUT2D eigenvalue weighted by Crippen LogP contribution is 2.20. The molecule has 29 heavy (non-hydrogen) atoms. The molecule has 0 bridgehead atoms. The molecule has 0 aliphatic carbocycles. The quantitative estimate of drug-likeness (QED) is 0.236. The van der Waals surface area contributed by atoms with Crippen LogP contribution in [0.1, 0.15) is 12.8 Å². The van der Waals surface area contributed by atoms with Crippen LogP contribution in [0.3, 0.4) is 0 Å². The molecule has 11 heteroatoms. The number of benzene rings is 2. The highest BCUT2D eigenvalue weighted by atomic mass is 127. The summed E-state index contributed by atoms with van der Waals surface area (Å²) in [4.78, 5) is 19.8. The number of phenolic OH excluding ortho intramolecular Hbond substituents is 1. The van der Waals surface area contributed by atoms with Crippen molar-refractivity contribution in [3.05, 3.63) is 50.7 Å². The molecular weight excluding hydrogens is 900 g/mol. The molecule has 0 saturated heterocycles. The van der Waals surface area contributed by atoms with E-state index in [9.17, 15) is 9.59 Å². The van der Waals surface area contributed by atoms with E-state index in [2.05, 4.69) is 106 Å². The number of hydrogen-bond donors (Lipinski definition) is 3. The molecular formula is C18H17BrI4O6. The van der Waals surface area contributed by atoms with E-state index in [0.717, 1.165) is 20.0 Å². The largest absolute Gasteiger partial charge is 0.508 e. The lowest BCUT2D eigenvalue weighted by Gasteiger charge is -2.05. The summed E-state index contributed by atoms with van der Waals surface area (Å²) in [5.41, 5.74) is 0. The topological polar surface area (TPSA) is 104 Å². The number of carboxylic acid groups (broad SMARTS) is 2. The number of carboxylic acids is 2. The number of aliphatic carboxylic acids is 2. The van der Waals surface area contributed by atoms with Crippen LogP contribution in [0.25, 0.3) is 0 Å². The van der Waals surface area contributed by atoms with Gasteiger partial charge in [0.2, 0.25) is 0 Å². The summed E-state index contributed by atoms with van der Waals surface area (Å²) in [6.07, 6.45) is 0.238. The first kappa shape index (κ1) is 29.4. The van der Waals surface area contributed by atoms with Crippen LogP contribution in [0, 0.1) is 14.3 Å². The van der Waals surface area contributed by atoms with Gasteiger partial charge in [-0.15, -0.1) is 0 Å². The molecule has 0 heterocycles. The minimum absolute atomic E-state index is 0.0298. The van der Waals surface area contributed by atoms with E-state index in [1.54, 1.807) is 12.1 Å². The Labute approximate surface area is 231 Å². The lowest BCUT2D eigenvalue weighted by molar-refractivity contribution is -0.138. The average molecular weight is 917 g/mol. The number of ether oxygens (including phenoxy) is 1. The van der Waals surface area contributed by atoms with E-state index in [0.29, 0.717) is 11.1 Å². The van der Waals surface area contributed by atoms with Crippen molar-refractivity contribution in [3.63, 3.8) is 0 Å². The Kier molecular flexibility index (Phi) is 17.2. The van der Waals surface area contributed by atoms with Gasteiger partial charge in [-0.25, -0.2) is 0 Å². The average Bonchev–Trinajstić information content (AvgIpc) is 2.53. The molecule has 2 aromatic rings. The first-order chi connectivity index (χ1) is 13.5. The van der Waals surface area contributed by atoms with Gasteiger partial charge in [-0.2, -0.15) is 0 Å². The molecule has 3 N–H and O–H groups in total. The van der Waals surface area contributed by atoms with E-state index in [1.165, 1.54) is 0 Å². The summed E-state index contributed by atoms with van der Waals surface area (Å²) in [7, 11) is 0. The van der Waals surface area contributed by atoms with Crippen molar-refractivity contribution in [2.75, 3.05) is 11.9 Å². The van der Waals surface area contributed by atoms with E-state index >= 15 is 0 Å². The Morgan fingerprint density at radius 3 is 1.52 bits per heavy atom. The maximum atomic E-state index is 10.2. The highest BCUT2D eigenvalue weighted by Gasteiger charge is 2.00. The van der Waals surface area contributed by atoms with Crippen LogP contribution in [-0.2, 0) is 9.59 Å². The molecule has 0 fully saturated rings. The first-order valence-corrected chi connectivity index (χ1v) is 13.2. The Bertz CT molecular complexity index is 733. The molecule has 0 atom stereocenters. The van der Waals surface area contributed by atoms with Gasteiger partial charge in [-0.3, -0.25) is 9.59 Å². The normalized spacial score (nSPS) is 9.41. The SMILES string of the molecule is O=C(O)CCBr.O=C(O)CCOc1cc(I)cc(I)c1.Oc1cc(I)cc(I)c1. The van der Waals surface area contributed by atoms with Crippen LogP contribution in [0.4, 0.5) is 0 Å². The molecule has 0 aliphatic heterocycles. The second kappa shape index (κ2) is 17.0. The summed E-state index contributed by atoms with van der Waals surface area (Å²) in [6.45, 7) is 0.214. The molecule has 6 nitrogen and oxygen atoms in total. The van der Waals surface area contributed by atoms with Gasteiger partial charge in [0.15, 0.2) is 0 Å². The maximum Gasteiger partial charge on any atom is 0.306 e. The zero-order valence-electron chi connectivity index (χ0n) is 14.7. The second-order valence-electron chi connectivity index (χ2n) is 5.06. The molecule has 0 spiro atoms. The van der Waals surface area contributed by atoms with Crippen LogP contribution >= 0.6 is 106 Å². The van der Waals surface area contributed by atoms with E-state index < -0.39 is 11.9 Å². The number of halogens is 5. The highest BCUT2D eigenvalue weighted by molar-refractivity contribution is 14.1. The molecule has 160 valence electrons. The number of phenols is 1. The number of carbonyl (C=O) groups is 2. The van der Waals surface area contributed by atoms with Crippen LogP contribution in [-0.4, -0.2) is 39.2 Å². The van der Waals surface area contributed by atoms with Crippen LogP contribution < -0.4 is 4.74 Å². The molecule has 0 unspecified atom stereocenters. The maximum absolute atomic E-state index is 10.2. The molecule has 0 aromatic heterocycles. The van der Waals surface area contributed by atoms with Gasteiger partial charge in [0.05, 0.1) is 19.4 Å². The van der Waals surface area contributed by atoms with Gasteiger partial charge in [-0.1, -0.05) is 15.9 Å². The lowest BCUT2D eigenvalue weighted by Crippen LogP contribution is -2.04. The molecule has 0 aliphatic rings. The van der Waals surface area contributed by atoms with Crippen molar-refractivity contribution >= 4 is 118 Å². The van der Waals surface area contributed by atoms with Crippen LogP contribution in [0.2, 0.25) is 0 Å². The summed E-state index contributed by atoms with van der Waals surface area (Å²) in [5, 5.41) is 25.8. The van der Waals surface area contributed by atoms with Gasteiger partial charge < -0.3 is 20.1 Å². The van der Waals surface area contributed by atoms with Crippen molar-refractivity contribution in [3.8, 4) is 11.5 Å². The lowest BCUT2D eigenvalue weighted by atomic mass is 10.3. The standard InChI is InChI=1S/C9H8I2O3.C6H4I2O.C3H5BrO2/c10-6-3-7(11)5-8(4-6)14-2-1-9(12)13;7-4-1-5(8)3-6(9)2-4;4-2-1-3(5)6/h3-5H,1-2H2,(H,12,13);1-3,9H;1-2H2,(H,5,6). The van der Waals surface area contributed by atoms with Gasteiger partial charge >= 0.3 is 11.9 Å². The first-order valence-electron chi connectivity index (χ1n) is 7.77. The van der Waals surface area contributed by atoms with Gasteiger partial charge in [0.25, 0.3) is 0 Å². The molecule has 0 amide bonds. The van der Waals surface area contributed by atoms with Gasteiger partial charge in [-0.05, 0) is 127 Å². The summed E-state index contributed by atoms with van der Waals surface area (Å²) in [6, 6.07) is 11.2. The fourth-order valence-electron chi connectivity index (χ4n) is 1.49. The predicted molar refractivity (Wildman–Crippen MR) is 149 cm³/mol. The summed E-state index contributed by atoms with van der Waals surface area (Å²) >= 11 is 11.7. The fourth-order valence-corrected chi connectivity index (χ4v) is 5.61. The summed E-state index contributed by atoms with van der Waals surface area (Å²) in [5.74, 6) is -0.536.